The number of ether oxygens (including phenoxy) is 1. The second-order valence-corrected chi connectivity index (χ2v) is 7.23. The van der Waals surface area contributed by atoms with Crippen LogP contribution in [0.5, 0.6) is 0 Å². The standard InChI is InChI=1S/C17H24N2OS/c1-17(2,19-7-9-20-10-8-19)16(18)11-13-12-21-15-6-4-3-5-14(13)15/h3-6,12,16H,7-11,18H2,1-2H3. The Balaban J connectivity index is 1.77. The maximum Gasteiger partial charge on any atom is 0.0594 e. The van der Waals surface area contributed by atoms with Crippen molar-refractivity contribution in [1.82, 2.24) is 4.90 Å². The van der Waals surface area contributed by atoms with Gasteiger partial charge >= 0.3 is 0 Å². The second kappa shape index (κ2) is 6.05. The maximum absolute atomic E-state index is 6.59. The number of hydrogen-bond donors (Lipinski definition) is 1. The fraction of sp³-hybridized carbons (Fsp3) is 0.529. The van der Waals surface area contributed by atoms with Crippen LogP contribution < -0.4 is 5.73 Å². The van der Waals surface area contributed by atoms with Gasteiger partial charge in [-0.25, -0.2) is 0 Å². The smallest absolute Gasteiger partial charge is 0.0594 e. The van der Waals surface area contributed by atoms with Crippen LogP contribution in [0.25, 0.3) is 10.1 Å². The number of benzene rings is 1. The molecule has 114 valence electrons. The van der Waals surface area contributed by atoms with Crippen molar-refractivity contribution in [2.45, 2.75) is 31.8 Å². The Morgan fingerprint density at radius 1 is 1.29 bits per heavy atom. The van der Waals surface area contributed by atoms with E-state index >= 15 is 0 Å². The Morgan fingerprint density at radius 3 is 2.76 bits per heavy atom. The van der Waals surface area contributed by atoms with E-state index in [0.29, 0.717) is 0 Å². The molecule has 1 unspecified atom stereocenters. The quantitative estimate of drug-likeness (QED) is 0.944. The van der Waals surface area contributed by atoms with Gasteiger partial charge in [0.15, 0.2) is 0 Å². The molecule has 0 radical (unpaired) electrons. The predicted molar refractivity (Wildman–Crippen MR) is 90.0 cm³/mol. The van der Waals surface area contributed by atoms with Crippen LogP contribution in [0.15, 0.2) is 29.6 Å². The largest absolute Gasteiger partial charge is 0.379 e. The zero-order valence-electron chi connectivity index (χ0n) is 12.8. The second-order valence-electron chi connectivity index (χ2n) is 6.32. The van der Waals surface area contributed by atoms with Crippen molar-refractivity contribution in [1.29, 1.82) is 0 Å². The van der Waals surface area contributed by atoms with Crippen molar-refractivity contribution < 1.29 is 4.74 Å². The Hall–Kier alpha value is -0.940. The molecule has 1 saturated heterocycles. The van der Waals surface area contributed by atoms with Crippen molar-refractivity contribution in [3.8, 4) is 0 Å². The van der Waals surface area contributed by atoms with E-state index in [1.807, 2.05) is 11.3 Å². The fourth-order valence-corrected chi connectivity index (χ4v) is 4.03. The number of morpholine rings is 1. The molecule has 1 aromatic heterocycles. The first-order valence-electron chi connectivity index (χ1n) is 7.62. The minimum absolute atomic E-state index is 0.00712. The molecule has 0 bridgehead atoms. The molecule has 1 aliphatic rings. The van der Waals surface area contributed by atoms with E-state index in [4.69, 9.17) is 10.5 Å². The summed E-state index contributed by atoms with van der Waals surface area (Å²) in [5.41, 5.74) is 7.96. The monoisotopic (exact) mass is 304 g/mol. The van der Waals surface area contributed by atoms with Crippen molar-refractivity contribution in [2.75, 3.05) is 26.3 Å². The Bertz CT molecular complexity index is 602. The number of nitrogens with zero attached hydrogens (tertiary/aromatic N) is 1. The number of fused-ring (bicyclic) bond motifs is 1. The zero-order chi connectivity index (χ0) is 14.9. The molecular formula is C17H24N2OS. The molecule has 2 aromatic rings. The number of thiophene rings is 1. The first-order valence-corrected chi connectivity index (χ1v) is 8.50. The van der Waals surface area contributed by atoms with E-state index in [0.717, 1.165) is 32.7 Å². The van der Waals surface area contributed by atoms with Crippen LogP contribution in [0.2, 0.25) is 0 Å². The van der Waals surface area contributed by atoms with Gasteiger partial charge in [0.25, 0.3) is 0 Å². The predicted octanol–water partition coefficient (Wildman–Crippen LogP) is 2.88. The van der Waals surface area contributed by atoms with Crippen LogP contribution in [0.1, 0.15) is 19.4 Å². The third-order valence-corrected chi connectivity index (χ3v) is 5.75. The topological polar surface area (TPSA) is 38.5 Å². The van der Waals surface area contributed by atoms with Gasteiger partial charge in [0.05, 0.1) is 13.2 Å². The van der Waals surface area contributed by atoms with E-state index in [1.165, 1.54) is 15.6 Å². The molecule has 3 nitrogen and oxygen atoms in total. The van der Waals surface area contributed by atoms with E-state index in [2.05, 4.69) is 48.4 Å². The lowest BCUT2D eigenvalue weighted by molar-refractivity contribution is -0.0185. The summed E-state index contributed by atoms with van der Waals surface area (Å²) in [4.78, 5) is 2.47. The van der Waals surface area contributed by atoms with Crippen molar-refractivity contribution in [3.63, 3.8) is 0 Å². The normalized spacial score (nSPS) is 19.0. The summed E-state index contributed by atoms with van der Waals surface area (Å²) in [5.74, 6) is 0. The molecule has 1 aromatic carbocycles. The average Bonchev–Trinajstić information content (AvgIpc) is 2.91. The van der Waals surface area contributed by atoms with Crippen LogP contribution in [0.3, 0.4) is 0 Å². The van der Waals surface area contributed by atoms with Crippen molar-refractivity contribution in [2.24, 2.45) is 5.73 Å². The molecule has 4 heteroatoms. The molecule has 2 N–H and O–H groups in total. The number of hydrogen-bond acceptors (Lipinski definition) is 4. The number of nitrogens with two attached hydrogens (primary N) is 1. The summed E-state index contributed by atoms with van der Waals surface area (Å²) in [6, 6.07) is 8.71. The Kier molecular flexibility index (Phi) is 4.31. The van der Waals surface area contributed by atoms with Gasteiger partial charge in [0.1, 0.15) is 0 Å². The minimum Gasteiger partial charge on any atom is -0.379 e. The molecule has 0 amide bonds. The van der Waals surface area contributed by atoms with Crippen LogP contribution in [0, 0.1) is 0 Å². The summed E-state index contributed by atoms with van der Waals surface area (Å²) in [6.07, 6.45) is 0.925. The van der Waals surface area contributed by atoms with Crippen LogP contribution in [0.4, 0.5) is 0 Å². The summed E-state index contributed by atoms with van der Waals surface area (Å²) in [6.45, 7) is 8.11. The third-order valence-electron chi connectivity index (χ3n) is 4.73. The molecule has 0 spiro atoms. The highest BCUT2D eigenvalue weighted by Gasteiger charge is 2.34. The SMILES string of the molecule is CC(C)(C(N)Cc1csc2ccccc12)N1CCOCC1. The van der Waals surface area contributed by atoms with Gasteiger partial charge in [-0.2, -0.15) is 0 Å². The Labute approximate surface area is 130 Å². The van der Waals surface area contributed by atoms with Crippen molar-refractivity contribution in [3.05, 3.63) is 35.2 Å². The molecule has 0 saturated carbocycles. The van der Waals surface area contributed by atoms with Gasteiger partial charge in [-0.15, -0.1) is 11.3 Å². The molecule has 1 atom stereocenters. The number of rotatable bonds is 4. The molecule has 3 rings (SSSR count). The van der Waals surface area contributed by atoms with Crippen LogP contribution >= 0.6 is 11.3 Å². The summed E-state index contributed by atoms with van der Waals surface area (Å²) in [5, 5.41) is 3.62. The zero-order valence-corrected chi connectivity index (χ0v) is 13.7. The maximum atomic E-state index is 6.59. The highest BCUT2D eigenvalue weighted by atomic mass is 32.1. The summed E-state index contributed by atoms with van der Waals surface area (Å²) < 4.78 is 6.81. The molecule has 2 heterocycles. The molecule has 0 aliphatic carbocycles. The average molecular weight is 304 g/mol. The van der Waals surface area contributed by atoms with Gasteiger partial charge in [-0.3, -0.25) is 4.90 Å². The first-order chi connectivity index (χ1) is 10.1. The first kappa shape index (κ1) is 15.0. The minimum atomic E-state index is -0.00712. The van der Waals surface area contributed by atoms with Gasteiger partial charge in [0, 0.05) is 29.4 Å². The van der Waals surface area contributed by atoms with E-state index < -0.39 is 0 Å². The van der Waals surface area contributed by atoms with Gasteiger partial charge < -0.3 is 10.5 Å². The van der Waals surface area contributed by atoms with Crippen molar-refractivity contribution >= 4 is 21.4 Å². The summed E-state index contributed by atoms with van der Waals surface area (Å²) >= 11 is 1.81. The van der Waals surface area contributed by atoms with Gasteiger partial charge in [-0.1, -0.05) is 18.2 Å². The van der Waals surface area contributed by atoms with Gasteiger partial charge in [0.2, 0.25) is 0 Å². The Morgan fingerprint density at radius 2 is 2.00 bits per heavy atom. The van der Waals surface area contributed by atoms with E-state index in [-0.39, 0.29) is 11.6 Å². The highest BCUT2D eigenvalue weighted by Crippen LogP contribution is 2.29. The van der Waals surface area contributed by atoms with E-state index in [9.17, 15) is 0 Å². The lowest BCUT2D eigenvalue weighted by atomic mass is 9.88. The van der Waals surface area contributed by atoms with Crippen LogP contribution in [-0.2, 0) is 11.2 Å². The molecule has 1 aliphatic heterocycles. The van der Waals surface area contributed by atoms with E-state index in [1.54, 1.807) is 0 Å². The highest BCUT2D eigenvalue weighted by molar-refractivity contribution is 7.17. The molecular weight excluding hydrogens is 280 g/mol. The third kappa shape index (κ3) is 2.99. The lowest BCUT2D eigenvalue weighted by Gasteiger charge is -2.44. The van der Waals surface area contributed by atoms with Crippen LogP contribution in [-0.4, -0.2) is 42.8 Å². The summed E-state index contributed by atoms with van der Waals surface area (Å²) in [7, 11) is 0. The molecule has 21 heavy (non-hydrogen) atoms. The molecule has 1 fully saturated rings. The fourth-order valence-electron chi connectivity index (χ4n) is 3.05. The van der Waals surface area contributed by atoms with Gasteiger partial charge in [-0.05, 0) is 42.7 Å². The lowest BCUT2D eigenvalue weighted by Crippen LogP contribution is -2.59.